The smallest absolute Gasteiger partial charge is 0.172 e. The van der Waals surface area contributed by atoms with Crippen LogP contribution in [0.5, 0.6) is 0 Å². The van der Waals surface area contributed by atoms with Crippen molar-refractivity contribution in [2.24, 2.45) is 0 Å². The molecular formula is C17H13Cl3N2O. The summed E-state index contributed by atoms with van der Waals surface area (Å²) in [5, 5.41) is 15.4. The van der Waals surface area contributed by atoms with Gasteiger partial charge >= 0.3 is 0 Å². The molecule has 0 fully saturated rings. The second kappa shape index (κ2) is 6.54. The van der Waals surface area contributed by atoms with Crippen LogP contribution in [-0.2, 0) is 0 Å². The quantitative estimate of drug-likeness (QED) is 0.631. The zero-order valence-electron chi connectivity index (χ0n) is 12.2. The van der Waals surface area contributed by atoms with Crippen LogP contribution in [0.25, 0.3) is 16.8 Å². The van der Waals surface area contributed by atoms with Crippen molar-refractivity contribution in [2.75, 3.05) is 0 Å². The Hall–Kier alpha value is -1.52. The summed E-state index contributed by atoms with van der Waals surface area (Å²) in [4.78, 5) is 0. The summed E-state index contributed by atoms with van der Waals surface area (Å²) in [6.07, 6.45) is 0. The normalized spacial score (nSPS) is 12.4. The van der Waals surface area contributed by atoms with Crippen molar-refractivity contribution in [3.63, 3.8) is 0 Å². The Balaban J connectivity index is 2.24. The van der Waals surface area contributed by atoms with E-state index in [-0.39, 0.29) is 0 Å². The van der Waals surface area contributed by atoms with Gasteiger partial charge in [-0.15, -0.1) is 0 Å². The molecule has 0 aliphatic heterocycles. The lowest BCUT2D eigenvalue weighted by Crippen LogP contribution is -2.00. The van der Waals surface area contributed by atoms with Gasteiger partial charge in [-0.05, 0) is 30.7 Å². The Morgan fingerprint density at radius 3 is 2.39 bits per heavy atom. The zero-order valence-corrected chi connectivity index (χ0v) is 14.4. The molecule has 118 valence electrons. The molecule has 0 radical (unpaired) electrons. The highest BCUT2D eigenvalue weighted by atomic mass is 35.5. The second-order valence-electron chi connectivity index (χ2n) is 5.06. The molecule has 0 bridgehead atoms. The molecule has 1 heterocycles. The summed E-state index contributed by atoms with van der Waals surface area (Å²) in [6.45, 7) is 1.91. The highest BCUT2D eigenvalue weighted by Crippen LogP contribution is 2.35. The summed E-state index contributed by atoms with van der Waals surface area (Å²) in [7, 11) is 0. The van der Waals surface area contributed by atoms with Crippen molar-refractivity contribution >= 4 is 34.8 Å². The number of benzene rings is 2. The lowest BCUT2D eigenvalue weighted by atomic mass is 10.0. The SMILES string of the molecule is Cc1c(-c2ccccc2)c(C(O)Cl)nn1-c1ccc(Cl)cc1Cl. The fourth-order valence-electron chi connectivity index (χ4n) is 2.54. The topological polar surface area (TPSA) is 38.1 Å². The van der Waals surface area contributed by atoms with Crippen LogP contribution in [0.3, 0.4) is 0 Å². The molecule has 1 unspecified atom stereocenters. The first-order chi connectivity index (χ1) is 11.0. The Morgan fingerprint density at radius 1 is 1.09 bits per heavy atom. The van der Waals surface area contributed by atoms with Crippen LogP contribution >= 0.6 is 34.8 Å². The van der Waals surface area contributed by atoms with E-state index in [1.54, 1.807) is 22.9 Å². The molecule has 0 saturated carbocycles. The summed E-state index contributed by atoms with van der Waals surface area (Å²) in [5.74, 6) is 0. The van der Waals surface area contributed by atoms with E-state index in [1.165, 1.54) is 0 Å². The minimum absolute atomic E-state index is 0.390. The van der Waals surface area contributed by atoms with Crippen LogP contribution < -0.4 is 0 Å². The van der Waals surface area contributed by atoms with Crippen molar-refractivity contribution < 1.29 is 5.11 Å². The number of rotatable bonds is 3. The molecule has 6 heteroatoms. The van der Waals surface area contributed by atoms with Gasteiger partial charge in [0.1, 0.15) is 5.69 Å². The number of alkyl halides is 1. The molecule has 0 amide bonds. The standard InChI is InChI=1S/C17H13Cl3N2O/c1-10-15(11-5-3-2-4-6-11)16(17(20)23)21-22(10)14-8-7-12(18)9-13(14)19/h2-9,17,23H,1H3. The van der Waals surface area contributed by atoms with E-state index in [1.807, 2.05) is 37.3 Å². The van der Waals surface area contributed by atoms with Gasteiger partial charge in [0, 0.05) is 16.3 Å². The van der Waals surface area contributed by atoms with Gasteiger partial charge < -0.3 is 5.11 Å². The molecule has 1 aromatic heterocycles. The fraction of sp³-hybridized carbons (Fsp3) is 0.118. The maximum atomic E-state index is 9.90. The number of nitrogens with zero attached hydrogens (tertiary/aromatic N) is 2. The van der Waals surface area contributed by atoms with Gasteiger partial charge in [0.2, 0.25) is 0 Å². The molecular weight excluding hydrogens is 355 g/mol. The van der Waals surface area contributed by atoms with Crippen LogP contribution in [-0.4, -0.2) is 14.9 Å². The van der Waals surface area contributed by atoms with Crippen LogP contribution in [0.2, 0.25) is 10.0 Å². The molecule has 0 spiro atoms. The Labute approximate surface area is 149 Å². The minimum atomic E-state index is -1.21. The number of aliphatic hydroxyl groups excluding tert-OH is 1. The number of hydrogen-bond acceptors (Lipinski definition) is 2. The van der Waals surface area contributed by atoms with Crippen LogP contribution in [0.15, 0.2) is 48.5 Å². The van der Waals surface area contributed by atoms with E-state index in [0.29, 0.717) is 21.4 Å². The van der Waals surface area contributed by atoms with Crippen LogP contribution in [0.4, 0.5) is 0 Å². The molecule has 2 aromatic carbocycles. The fourth-order valence-corrected chi connectivity index (χ4v) is 3.18. The number of aromatic nitrogens is 2. The van der Waals surface area contributed by atoms with Gasteiger partial charge in [0.05, 0.1) is 10.7 Å². The van der Waals surface area contributed by atoms with Gasteiger partial charge in [-0.3, -0.25) is 0 Å². The minimum Gasteiger partial charge on any atom is -0.372 e. The van der Waals surface area contributed by atoms with Crippen LogP contribution in [0, 0.1) is 6.92 Å². The Kier molecular flexibility index (Phi) is 4.64. The van der Waals surface area contributed by atoms with E-state index in [2.05, 4.69) is 5.10 Å². The van der Waals surface area contributed by atoms with E-state index in [4.69, 9.17) is 34.8 Å². The number of aliphatic hydroxyl groups is 1. The molecule has 3 rings (SSSR count). The predicted molar refractivity (Wildman–Crippen MR) is 94.6 cm³/mol. The van der Waals surface area contributed by atoms with Gasteiger partial charge in [0.15, 0.2) is 5.56 Å². The van der Waals surface area contributed by atoms with E-state index in [9.17, 15) is 5.11 Å². The largest absolute Gasteiger partial charge is 0.372 e. The highest BCUT2D eigenvalue weighted by molar-refractivity contribution is 6.35. The first-order valence-electron chi connectivity index (χ1n) is 6.91. The molecule has 23 heavy (non-hydrogen) atoms. The number of hydrogen-bond donors (Lipinski definition) is 1. The molecule has 3 nitrogen and oxygen atoms in total. The van der Waals surface area contributed by atoms with Crippen molar-refractivity contribution in [1.82, 2.24) is 9.78 Å². The first-order valence-corrected chi connectivity index (χ1v) is 8.10. The van der Waals surface area contributed by atoms with Crippen molar-refractivity contribution in [3.05, 3.63) is 70.0 Å². The van der Waals surface area contributed by atoms with Gasteiger partial charge in [0.25, 0.3) is 0 Å². The summed E-state index contributed by atoms with van der Waals surface area (Å²) in [6, 6.07) is 14.8. The summed E-state index contributed by atoms with van der Waals surface area (Å²) < 4.78 is 1.67. The maximum Gasteiger partial charge on any atom is 0.172 e. The van der Waals surface area contributed by atoms with Crippen LogP contribution in [0.1, 0.15) is 17.0 Å². The second-order valence-corrected chi connectivity index (χ2v) is 6.31. The third kappa shape index (κ3) is 3.10. The zero-order chi connectivity index (χ0) is 16.6. The monoisotopic (exact) mass is 366 g/mol. The molecule has 3 aromatic rings. The third-order valence-electron chi connectivity index (χ3n) is 3.57. The lowest BCUT2D eigenvalue weighted by molar-refractivity contribution is 0.257. The third-order valence-corrected chi connectivity index (χ3v) is 4.31. The Morgan fingerprint density at radius 2 is 1.78 bits per heavy atom. The van der Waals surface area contributed by atoms with Crippen molar-refractivity contribution in [2.45, 2.75) is 12.5 Å². The summed E-state index contributed by atoms with van der Waals surface area (Å²) in [5.41, 5.74) is 2.40. The molecule has 0 saturated heterocycles. The molecule has 1 atom stereocenters. The van der Waals surface area contributed by atoms with Gasteiger partial charge in [-0.1, -0.05) is 65.1 Å². The molecule has 0 aliphatic carbocycles. The average Bonchev–Trinajstić information content (AvgIpc) is 2.86. The first kappa shape index (κ1) is 16.3. The van der Waals surface area contributed by atoms with Gasteiger partial charge in [-0.25, -0.2) is 4.68 Å². The van der Waals surface area contributed by atoms with E-state index < -0.39 is 5.56 Å². The highest BCUT2D eigenvalue weighted by Gasteiger charge is 2.22. The Bertz CT molecular complexity index is 845. The summed E-state index contributed by atoms with van der Waals surface area (Å²) >= 11 is 18.2. The van der Waals surface area contributed by atoms with Gasteiger partial charge in [-0.2, -0.15) is 5.10 Å². The van der Waals surface area contributed by atoms with Crippen molar-refractivity contribution in [1.29, 1.82) is 0 Å². The predicted octanol–water partition coefficient (Wildman–Crippen LogP) is 5.38. The van der Waals surface area contributed by atoms with E-state index >= 15 is 0 Å². The average molecular weight is 368 g/mol. The van der Waals surface area contributed by atoms with E-state index in [0.717, 1.165) is 16.8 Å². The molecule has 1 N–H and O–H groups in total. The lowest BCUT2D eigenvalue weighted by Gasteiger charge is -2.08. The number of halogens is 3. The maximum absolute atomic E-state index is 9.90. The van der Waals surface area contributed by atoms with Crippen molar-refractivity contribution in [3.8, 4) is 16.8 Å². The molecule has 0 aliphatic rings.